The molecule has 1 heterocycles. The summed E-state index contributed by atoms with van der Waals surface area (Å²) >= 11 is 1.20. The molecule has 0 saturated heterocycles. The number of halogens is 1. The number of fused-ring (bicyclic) bond motifs is 1. The lowest BCUT2D eigenvalue weighted by Gasteiger charge is -2.30. The third-order valence-corrected chi connectivity index (χ3v) is 4.61. The van der Waals surface area contributed by atoms with E-state index in [1.54, 1.807) is 13.1 Å². The number of hydrogen-bond acceptors (Lipinski definition) is 3. The number of rotatable bonds is 2. The number of carbonyl (C=O) groups is 2. The third-order valence-electron chi connectivity index (χ3n) is 3.36. The Labute approximate surface area is 131 Å². The average Bonchev–Trinajstić information content (AvgIpc) is 2.51. The highest BCUT2D eigenvalue weighted by atomic mass is 32.2. The van der Waals surface area contributed by atoms with Crippen molar-refractivity contribution in [2.45, 2.75) is 10.1 Å². The van der Waals surface area contributed by atoms with Gasteiger partial charge in [0.05, 0.1) is 5.69 Å². The van der Waals surface area contributed by atoms with Gasteiger partial charge in [-0.05, 0) is 30.3 Å². The molecule has 0 spiro atoms. The maximum atomic E-state index is 13.2. The molecule has 0 aromatic heterocycles. The Morgan fingerprint density at radius 3 is 2.77 bits per heavy atom. The molecule has 1 atom stereocenters. The molecule has 0 bridgehead atoms. The maximum absolute atomic E-state index is 13.2. The lowest BCUT2D eigenvalue weighted by molar-refractivity contribution is -0.124. The zero-order valence-electron chi connectivity index (χ0n) is 11.7. The van der Waals surface area contributed by atoms with E-state index in [1.165, 1.54) is 34.9 Å². The van der Waals surface area contributed by atoms with E-state index in [4.69, 9.17) is 0 Å². The molecule has 0 aliphatic carbocycles. The lowest BCUT2D eigenvalue weighted by Crippen LogP contribution is -2.44. The Balaban J connectivity index is 1.83. The van der Waals surface area contributed by atoms with Gasteiger partial charge < -0.3 is 10.2 Å². The molecule has 2 aromatic carbocycles. The normalized spacial score (nSPS) is 17.1. The highest BCUT2D eigenvalue weighted by Crippen LogP contribution is 2.38. The first-order valence-corrected chi connectivity index (χ1v) is 7.54. The van der Waals surface area contributed by atoms with Gasteiger partial charge in [-0.25, -0.2) is 4.39 Å². The van der Waals surface area contributed by atoms with Crippen LogP contribution in [0.2, 0.25) is 0 Å². The number of nitrogens with one attached hydrogen (secondary N) is 1. The molecule has 22 heavy (non-hydrogen) atoms. The lowest BCUT2D eigenvalue weighted by atomic mass is 10.2. The van der Waals surface area contributed by atoms with Crippen LogP contribution in [0.15, 0.2) is 53.4 Å². The molecule has 1 aliphatic rings. The van der Waals surface area contributed by atoms with Crippen molar-refractivity contribution in [3.63, 3.8) is 0 Å². The van der Waals surface area contributed by atoms with Gasteiger partial charge in [-0.1, -0.05) is 18.2 Å². The van der Waals surface area contributed by atoms with Crippen LogP contribution in [-0.2, 0) is 9.59 Å². The summed E-state index contributed by atoms with van der Waals surface area (Å²) in [6, 6.07) is 13.0. The second-order valence-electron chi connectivity index (χ2n) is 4.86. The van der Waals surface area contributed by atoms with Gasteiger partial charge in [0, 0.05) is 17.6 Å². The fourth-order valence-corrected chi connectivity index (χ4v) is 3.41. The van der Waals surface area contributed by atoms with E-state index in [1.807, 2.05) is 24.3 Å². The van der Waals surface area contributed by atoms with Gasteiger partial charge in [-0.2, -0.15) is 0 Å². The van der Waals surface area contributed by atoms with Crippen LogP contribution in [0.25, 0.3) is 0 Å². The van der Waals surface area contributed by atoms with Gasteiger partial charge in [-0.15, -0.1) is 11.8 Å². The van der Waals surface area contributed by atoms with Gasteiger partial charge in [0.15, 0.2) is 5.25 Å². The minimum atomic E-state index is -0.886. The molecular weight excluding hydrogens is 303 g/mol. The van der Waals surface area contributed by atoms with E-state index in [0.717, 1.165) is 10.6 Å². The molecule has 1 N–H and O–H groups in total. The van der Waals surface area contributed by atoms with Crippen molar-refractivity contribution >= 4 is 35.0 Å². The predicted molar refractivity (Wildman–Crippen MR) is 84.5 cm³/mol. The quantitative estimate of drug-likeness (QED) is 0.867. The SMILES string of the molecule is CN1C(=O)C(C(=O)Nc2cccc(F)c2)Sc2ccccc21. The highest BCUT2D eigenvalue weighted by molar-refractivity contribution is 8.01. The van der Waals surface area contributed by atoms with Gasteiger partial charge in [0.25, 0.3) is 0 Å². The molecule has 1 unspecified atom stereocenters. The number of thioether (sulfide) groups is 1. The zero-order chi connectivity index (χ0) is 15.7. The predicted octanol–water partition coefficient (Wildman–Crippen LogP) is 2.90. The second kappa shape index (κ2) is 5.81. The minimum Gasteiger partial charge on any atom is -0.325 e. The van der Waals surface area contributed by atoms with E-state index < -0.39 is 17.0 Å². The summed E-state index contributed by atoms with van der Waals surface area (Å²) in [6.45, 7) is 0. The van der Waals surface area contributed by atoms with Crippen molar-refractivity contribution in [3.8, 4) is 0 Å². The summed E-state index contributed by atoms with van der Waals surface area (Å²) in [4.78, 5) is 27.0. The summed E-state index contributed by atoms with van der Waals surface area (Å²) in [5.74, 6) is -1.19. The average molecular weight is 316 g/mol. The molecule has 3 rings (SSSR count). The Morgan fingerprint density at radius 1 is 1.23 bits per heavy atom. The maximum Gasteiger partial charge on any atom is 0.249 e. The van der Waals surface area contributed by atoms with Crippen LogP contribution in [-0.4, -0.2) is 24.1 Å². The van der Waals surface area contributed by atoms with Gasteiger partial charge >= 0.3 is 0 Å². The summed E-state index contributed by atoms with van der Waals surface area (Å²) in [5.41, 5.74) is 1.12. The molecular formula is C16H13FN2O2S. The van der Waals surface area contributed by atoms with Crippen LogP contribution in [0.4, 0.5) is 15.8 Å². The molecule has 4 nitrogen and oxygen atoms in total. The minimum absolute atomic E-state index is 0.294. The van der Waals surface area contributed by atoms with Crippen LogP contribution >= 0.6 is 11.8 Å². The Kier molecular flexibility index (Phi) is 3.85. The molecule has 0 radical (unpaired) electrons. The number of anilines is 2. The van der Waals surface area contributed by atoms with Crippen LogP contribution in [0.3, 0.4) is 0 Å². The van der Waals surface area contributed by atoms with Crippen LogP contribution in [0, 0.1) is 5.82 Å². The first-order valence-electron chi connectivity index (χ1n) is 6.66. The Hall–Kier alpha value is -2.34. The van der Waals surface area contributed by atoms with Gasteiger partial charge in [-0.3, -0.25) is 9.59 Å². The summed E-state index contributed by atoms with van der Waals surface area (Å²) in [5, 5.41) is 1.70. The molecule has 1 aliphatic heterocycles. The number of para-hydroxylation sites is 1. The fraction of sp³-hybridized carbons (Fsp3) is 0.125. The van der Waals surface area contributed by atoms with E-state index >= 15 is 0 Å². The number of hydrogen-bond donors (Lipinski definition) is 1. The summed E-state index contributed by atoms with van der Waals surface area (Å²) in [6.07, 6.45) is 0. The third kappa shape index (κ3) is 2.69. The van der Waals surface area contributed by atoms with E-state index in [-0.39, 0.29) is 5.91 Å². The van der Waals surface area contributed by atoms with Gasteiger partial charge in [0.1, 0.15) is 5.82 Å². The molecule has 2 aromatic rings. The fourth-order valence-electron chi connectivity index (χ4n) is 2.25. The molecule has 0 fully saturated rings. The van der Waals surface area contributed by atoms with Crippen molar-refractivity contribution in [2.24, 2.45) is 0 Å². The van der Waals surface area contributed by atoms with Crippen molar-refractivity contribution in [2.75, 3.05) is 17.3 Å². The van der Waals surface area contributed by atoms with Crippen LogP contribution in [0.1, 0.15) is 0 Å². The van der Waals surface area contributed by atoms with Crippen LogP contribution in [0.5, 0.6) is 0 Å². The second-order valence-corrected chi connectivity index (χ2v) is 6.01. The van der Waals surface area contributed by atoms with E-state index in [2.05, 4.69) is 5.32 Å². The van der Waals surface area contributed by atoms with Crippen LogP contribution < -0.4 is 10.2 Å². The van der Waals surface area contributed by atoms with Crippen molar-refractivity contribution in [3.05, 3.63) is 54.3 Å². The molecule has 2 amide bonds. The first-order chi connectivity index (χ1) is 10.6. The summed E-state index contributed by atoms with van der Waals surface area (Å²) in [7, 11) is 1.64. The van der Waals surface area contributed by atoms with Gasteiger partial charge in [0.2, 0.25) is 11.8 Å². The smallest absolute Gasteiger partial charge is 0.249 e. The largest absolute Gasteiger partial charge is 0.325 e. The number of nitrogens with zero attached hydrogens (tertiary/aromatic N) is 1. The molecule has 112 valence electrons. The first kappa shape index (κ1) is 14.6. The standard InChI is InChI=1S/C16H13FN2O2S/c1-19-12-7-2-3-8-13(12)22-14(16(19)21)15(20)18-11-6-4-5-10(17)9-11/h2-9,14H,1H3,(H,18,20). The van der Waals surface area contributed by atoms with Crippen molar-refractivity contribution < 1.29 is 14.0 Å². The number of amides is 2. The number of benzene rings is 2. The number of carbonyl (C=O) groups excluding carboxylic acids is 2. The molecule has 0 saturated carbocycles. The van der Waals surface area contributed by atoms with E-state index in [9.17, 15) is 14.0 Å². The zero-order valence-corrected chi connectivity index (χ0v) is 12.6. The van der Waals surface area contributed by atoms with Crippen molar-refractivity contribution in [1.29, 1.82) is 0 Å². The van der Waals surface area contributed by atoms with Crippen molar-refractivity contribution in [1.82, 2.24) is 0 Å². The summed E-state index contributed by atoms with van der Waals surface area (Å²) < 4.78 is 13.2. The Bertz CT molecular complexity index is 750. The topological polar surface area (TPSA) is 49.4 Å². The molecule has 6 heteroatoms. The monoisotopic (exact) mass is 316 g/mol. The Morgan fingerprint density at radius 2 is 2.00 bits per heavy atom. The van der Waals surface area contributed by atoms with E-state index in [0.29, 0.717) is 5.69 Å². The highest BCUT2D eigenvalue weighted by Gasteiger charge is 2.36.